The lowest BCUT2D eigenvalue weighted by Crippen LogP contribution is -1.97. The molecule has 0 amide bonds. The summed E-state index contributed by atoms with van der Waals surface area (Å²) in [6, 6.07) is 10.7. The molecule has 0 bridgehead atoms. The van der Waals surface area contributed by atoms with Crippen LogP contribution >= 0.6 is 0 Å². The first-order valence-corrected chi connectivity index (χ1v) is 5.89. The molecule has 0 atom stereocenters. The van der Waals surface area contributed by atoms with E-state index in [1.54, 1.807) is 24.3 Å². The second-order valence-corrected chi connectivity index (χ2v) is 4.00. The van der Waals surface area contributed by atoms with Crippen molar-refractivity contribution >= 4 is 0 Å². The van der Waals surface area contributed by atoms with Crippen LogP contribution in [-0.2, 0) is 0 Å². The van der Waals surface area contributed by atoms with E-state index in [-0.39, 0.29) is 11.6 Å². The van der Waals surface area contributed by atoms with Gasteiger partial charge in [-0.05, 0) is 41.8 Å². The number of benzene rings is 2. The van der Waals surface area contributed by atoms with Gasteiger partial charge in [-0.3, -0.25) is 0 Å². The minimum atomic E-state index is -0.426. The highest BCUT2D eigenvalue weighted by atomic mass is 19.1. The zero-order valence-corrected chi connectivity index (χ0v) is 10.1. The Kier molecular flexibility index (Phi) is 3.92. The zero-order valence-electron chi connectivity index (χ0n) is 10.1. The first kappa shape index (κ1) is 12.6. The zero-order chi connectivity index (χ0) is 13.0. The molecule has 3 heteroatoms. The third-order valence-corrected chi connectivity index (χ3v) is 2.55. The summed E-state index contributed by atoms with van der Waals surface area (Å²) in [5.74, 6) is -0.526. The molecule has 2 aromatic carbocycles. The number of hydrogen-bond donors (Lipinski definition) is 0. The van der Waals surface area contributed by atoms with E-state index in [1.165, 1.54) is 18.2 Å². The van der Waals surface area contributed by atoms with Crippen LogP contribution in [0.1, 0.15) is 13.3 Å². The Morgan fingerprint density at radius 2 is 1.78 bits per heavy atom. The topological polar surface area (TPSA) is 9.23 Å². The van der Waals surface area contributed by atoms with Crippen molar-refractivity contribution in [2.75, 3.05) is 6.61 Å². The van der Waals surface area contributed by atoms with Gasteiger partial charge in [0.1, 0.15) is 5.82 Å². The minimum Gasteiger partial charge on any atom is -0.491 e. The summed E-state index contributed by atoms with van der Waals surface area (Å²) in [5, 5.41) is 0. The lowest BCUT2D eigenvalue weighted by Gasteiger charge is -2.08. The fourth-order valence-electron chi connectivity index (χ4n) is 1.68. The molecule has 0 unspecified atom stereocenters. The lowest BCUT2D eigenvalue weighted by atomic mass is 10.1. The van der Waals surface area contributed by atoms with Crippen molar-refractivity contribution in [3.8, 4) is 16.9 Å². The summed E-state index contributed by atoms with van der Waals surface area (Å²) in [6.45, 7) is 2.44. The van der Waals surface area contributed by atoms with Crippen LogP contribution in [0, 0.1) is 11.6 Å². The molecule has 2 aromatic rings. The van der Waals surface area contributed by atoms with Gasteiger partial charge in [-0.15, -0.1) is 0 Å². The Morgan fingerprint density at radius 3 is 2.44 bits per heavy atom. The van der Waals surface area contributed by atoms with E-state index in [2.05, 4.69) is 0 Å². The third-order valence-electron chi connectivity index (χ3n) is 2.55. The Balaban J connectivity index is 2.28. The van der Waals surface area contributed by atoms with Crippen molar-refractivity contribution in [2.45, 2.75) is 13.3 Å². The van der Waals surface area contributed by atoms with E-state index < -0.39 is 5.82 Å². The van der Waals surface area contributed by atoms with Gasteiger partial charge < -0.3 is 4.74 Å². The van der Waals surface area contributed by atoms with Gasteiger partial charge in [-0.2, -0.15) is 0 Å². The van der Waals surface area contributed by atoms with Gasteiger partial charge in [0.25, 0.3) is 0 Å². The van der Waals surface area contributed by atoms with E-state index >= 15 is 0 Å². The molecule has 1 nitrogen and oxygen atoms in total. The predicted molar refractivity (Wildman–Crippen MR) is 67.6 cm³/mol. The largest absolute Gasteiger partial charge is 0.491 e. The molecule has 0 saturated heterocycles. The van der Waals surface area contributed by atoms with Crippen LogP contribution in [0.2, 0.25) is 0 Å². The number of rotatable bonds is 4. The average molecular weight is 248 g/mol. The summed E-state index contributed by atoms with van der Waals surface area (Å²) in [6.07, 6.45) is 0.824. The monoisotopic (exact) mass is 248 g/mol. The molecule has 0 N–H and O–H groups in total. The highest BCUT2D eigenvalue weighted by Gasteiger charge is 2.06. The molecule has 0 fully saturated rings. The van der Waals surface area contributed by atoms with Crippen molar-refractivity contribution in [2.24, 2.45) is 0 Å². The Hall–Kier alpha value is -1.90. The molecule has 0 saturated carbocycles. The number of ether oxygens (including phenoxy) is 1. The second kappa shape index (κ2) is 5.63. The van der Waals surface area contributed by atoms with Gasteiger partial charge in [0.15, 0.2) is 11.6 Å². The van der Waals surface area contributed by atoms with E-state index in [0.717, 1.165) is 6.42 Å². The van der Waals surface area contributed by atoms with Crippen molar-refractivity contribution in [3.05, 3.63) is 54.1 Å². The smallest absolute Gasteiger partial charge is 0.165 e. The predicted octanol–water partition coefficient (Wildman–Crippen LogP) is 4.42. The van der Waals surface area contributed by atoms with Crippen LogP contribution in [0.5, 0.6) is 5.75 Å². The Morgan fingerprint density at radius 1 is 1.00 bits per heavy atom. The van der Waals surface area contributed by atoms with Gasteiger partial charge in [-0.25, -0.2) is 8.78 Å². The van der Waals surface area contributed by atoms with E-state index in [1.807, 2.05) is 6.92 Å². The van der Waals surface area contributed by atoms with E-state index in [0.29, 0.717) is 17.7 Å². The summed E-state index contributed by atoms with van der Waals surface area (Å²) in [7, 11) is 0. The molecule has 0 heterocycles. The van der Waals surface area contributed by atoms with Crippen molar-refractivity contribution in [1.82, 2.24) is 0 Å². The fourth-order valence-corrected chi connectivity index (χ4v) is 1.68. The molecule has 94 valence electrons. The van der Waals surface area contributed by atoms with Crippen LogP contribution in [0.15, 0.2) is 42.5 Å². The van der Waals surface area contributed by atoms with Crippen LogP contribution < -0.4 is 4.74 Å². The van der Waals surface area contributed by atoms with Gasteiger partial charge in [-0.1, -0.05) is 25.1 Å². The van der Waals surface area contributed by atoms with Crippen LogP contribution in [0.25, 0.3) is 11.1 Å². The van der Waals surface area contributed by atoms with E-state index in [4.69, 9.17) is 4.74 Å². The summed E-state index contributed by atoms with van der Waals surface area (Å²) in [4.78, 5) is 0. The van der Waals surface area contributed by atoms with Crippen molar-refractivity contribution in [3.63, 3.8) is 0 Å². The van der Waals surface area contributed by atoms with Gasteiger partial charge in [0, 0.05) is 0 Å². The van der Waals surface area contributed by atoms with Gasteiger partial charge >= 0.3 is 0 Å². The highest BCUT2D eigenvalue weighted by molar-refractivity contribution is 5.64. The van der Waals surface area contributed by atoms with Gasteiger partial charge in [0.05, 0.1) is 6.61 Å². The van der Waals surface area contributed by atoms with Crippen LogP contribution in [0.3, 0.4) is 0 Å². The normalized spacial score (nSPS) is 10.4. The Bertz CT molecular complexity index is 538. The Labute approximate surface area is 105 Å². The molecular formula is C15H14F2O. The molecule has 2 rings (SSSR count). The van der Waals surface area contributed by atoms with Crippen LogP contribution in [-0.4, -0.2) is 6.61 Å². The maximum absolute atomic E-state index is 13.7. The SMILES string of the molecule is CCCOc1ccc(-c2cccc(F)c2)cc1F. The summed E-state index contributed by atoms with van der Waals surface area (Å²) < 4.78 is 32.1. The molecule has 0 aliphatic rings. The molecule has 0 aromatic heterocycles. The third kappa shape index (κ3) is 2.86. The fraction of sp³-hybridized carbons (Fsp3) is 0.200. The van der Waals surface area contributed by atoms with Crippen molar-refractivity contribution < 1.29 is 13.5 Å². The number of hydrogen-bond acceptors (Lipinski definition) is 1. The molecule has 18 heavy (non-hydrogen) atoms. The highest BCUT2D eigenvalue weighted by Crippen LogP contribution is 2.26. The molecule has 0 spiro atoms. The average Bonchev–Trinajstić information content (AvgIpc) is 2.37. The standard InChI is InChI=1S/C15H14F2O/c1-2-8-18-15-7-6-12(10-14(15)17)11-4-3-5-13(16)9-11/h3-7,9-10H,2,8H2,1H3. The molecule has 0 aliphatic heterocycles. The quantitative estimate of drug-likeness (QED) is 0.778. The van der Waals surface area contributed by atoms with Gasteiger partial charge in [0.2, 0.25) is 0 Å². The van der Waals surface area contributed by atoms with Crippen LogP contribution in [0.4, 0.5) is 8.78 Å². The maximum Gasteiger partial charge on any atom is 0.165 e. The summed E-state index contributed by atoms with van der Waals surface area (Å²) in [5.41, 5.74) is 1.28. The van der Waals surface area contributed by atoms with E-state index in [9.17, 15) is 8.78 Å². The molecule has 0 aliphatic carbocycles. The second-order valence-electron chi connectivity index (χ2n) is 4.00. The number of halogens is 2. The minimum absolute atomic E-state index is 0.233. The first-order valence-electron chi connectivity index (χ1n) is 5.89. The summed E-state index contributed by atoms with van der Waals surface area (Å²) >= 11 is 0. The molecule has 0 radical (unpaired) electrons. The lowest BCUT2D eigenvalue weighted by molar-refractivity contribution is 0.301. The molecular weight excluding hydrogens is 234 g/mol. The van der Waals surface area contributed by atoms with Crippen molar-refractivity contribution in [1.29, 1.82) is 0 Å². The maximum atomic E-state index is 13.7. The first-order chi connectivity index (χ1) is 8.70.